The number of anilines is 1. The maximum Gasteiger partial charge on any atom is 0.459 e. The molecule has 0 aliphatic carbocycles. The summed E-state index contributed by atoms with van der Waals surface area (Å²) >= 11 is 0. The Morgan fingerprint density at radius 1 is 1.00 bits per heavy atom. The highest BCUT2D eigenvalue weighted by Crippen LogP contribution is 2.44. The second-order valence-corrected chi connectivity index (χ2v) is 7.69. The van der Waals surface area contributed by atoms with Crippen LogP contribution in [-0.4, -0.2) is 49.4 Å². The molecule has 0 saturated heterocycles. The highest BCUT2D eigenvalue weighted by molar-refractivity contribution is 6.07. The number of amides is 2. The molecule has 37 heavy (non-hydrogen) atoms. The zero-order valence-electron chi connectivity index (χ0n) is 19.1. The van der Waals surface area contributed by atoms with Crippen LogP contribution in [0.1, 0.15) is 33.6 Å². The predicted octanol–water partition coefficient (Wildman–Crippen LogP) is 4.02. The first kappa shape index (κ1) is 25.7. The van der Waals surface area contributed by atoms with Crippen molar-refractivity contribution in [2.24, 2.45) is 0 Å². The van der Waals surface area contributed by atoms with Crippen LogP contribution in [0.25, 0.3) is 16.9 Å². The lowest BCUT2D eigenvalue weighted by molar-refractivity contribution is -0.291. The van der Waals surface area contributed by atoms with E-state index >= 15 is 0 Å². The van der Waals surface area contributed by atoms with Crippen LogP contribution in [0.2, 0.25) is 0 Å². The molecule has 0 aliphatic heterocycles. The normalized spacial score (nSPS) is 12.1. The quantitative estimate of drug-likeness (QED) is 0.370. The van der Waals surface area contributed by atoms with Crippen LogP contribution in [0, 0.1) is 5.82 Å². The molecule has 0 saturated carbocycles. The van der Waals surface area contributed by atoms with E-state index in [-0.39, 0.29) is 27.2 Å². The van der Waals surface area contributed by atoms with E-state index in [1.165, 1.54) is 17.9 Å². The summed E-state index contributed by atoms with van der Waals surface area (Å²) in [5.41, 5.74) is -3.13. The monoisotopic (exact) mass is 525 g/mol. The second-order valence-electron chi connectivity index (χ2n) is 7.69. The van der Waals surface area contributed by atoms with E-state index in [0.717, 1.165) is 30.3 Å². The number of nitrogens with zero attached hydrogens (tertiary/aromatic N) is 5. The summed E-state index contributed by atoms with van der Waals surface area (Å²) < 4.78 is 83.7. The summed E-state index contributed by atoms with van der Waals surface area (Å²) in [6.07, 6.45) is -4.65. The number of carbonyl (C=O) groups is 2. The molecule has 0 atom stereocenters. The summed E-state index contributed by atoms with van der Waals surface area (Å²) in [5.74, 6) is -7.68. The summed E-state index contributed by atoms with van der Waals surface area (Å²) in [5, 5.41) is 12.4. The van der Waals surface area contributed by atoms with Gasteiger partial charge in [-0.1, -0.05) is 0 Å². The first-order valence-electron chi connectivity index (χ1n) is 10.6. The molecule has 15 heteroatoms. The number of alkyl halides is 5. The first-order chi connectivity index (χ1) is 17.3. The van der Waals surface area contributed by atoms with Crippen molar-refractivity contribution in [1.29, 1.82) is 0 Å². The number of fused-ring (bicyclic) bond motifs is 1. The summed E-state index contributed by atoms with van der Waals surface area (Å²) in [7, 11) is 1.34. The van der Waals surface area contributed by atoms with Crippen LogP contribution in [-0.2, 0) is 12.5 Å². The van der Waals surface area contributed by atoms with E-state index in [1.54, 1.807) is 6.92 Å². The van der Waals surface area contributed by atoms with Gasteiger partial charge < -0.3 is 10.6 Å². The molecule has 194 valence electrons. The Morgan fingerprint density at radius 2 is 1.68 bits per heavy atom. The molecular formula is C22H17F6N7O2. The molecule has 3 aromatic heterocycles. The molecule has 3 heterocycles. The maximum atomic E-state index is 14.5. The number of aryl methyl sites for hydroxylation is 1. The van der Waals surface area contributed by atoms with Crippen LogP contribution in [0.4, 0.5) is 32.0 Å². The van der Waals surface area contributed by atoms with Gasteiger partial charge in [0, 0.05) is 31.4 Å². The minimum absolute atomic E-state index is 0.0379. The van der Waals surface area contributed by atoms with Gasteiger partial charge in [-0.3, -0.25) is 14.3 Å². The summed E-state index contributed by atoms with van der Waals surface area (Å²) in [6, 6.07) is 5.65. The number of benzene rings is 1. The Bertz CT molecular complexity index is 1490. The molecule has 4 aromatic rings. The van der Waals surface area contributed by atoms with Crippen LogP contribution in [0.5, 0.6) is 0 Å². The Kier molecular flexibility index (Phi) is 6.39. The van der Waals surface area contributed by atoms with Gasteiger partial charge in [0.2, 0.25) is 0 Å². The van der Waals surface area contributed by atoms with Gasteiger partial charge in [-0.25, -0.2) is 13.9 Å². The largest absolute Gasteiger partial charge is 0.459 e. The highest BCUT2D eigenvalue weighted by atomic mass is 19.4. The van der Waals surface area contributed by atoms with Crippen molar-refractivity contribution in [3.63, 3.8) is 0 Å². The first-order valence-corrected chi connectivity index (χ1v) is 10.6. The number of rotatable bonds is 6. The topological polar surface area (TPSA) is 106 Å². The second kappa shape index (κ2) is 9.22. The smallest absolute Gasteiger partial charge is 0.354 e. The molecular weight excluding hydrogens is 508 g/mol. The molecule has 0 spiro atoms. The molecule has 4 rings (SSSR count). The summed E-state index contributed by atoms with van der Waals surface area (Å²) in [6.45, 7) is 2.07. The average Bonchev–Trinajstić information content (AvgIpc) is 3.46. The lowest BCUT2D eigenvalue weighted by Crippen LogP contribution is -2.36. The van der Waals surface area contributed by atoms with Crippen LogP contribution in [0.3, 0.4) is 0 Å². The number of halogens is 6. The minimum Gasteiger partial charge on any atom is -0.354 e. The molecule has 9 nitrogen and oxygen atoms in total. The third-order valence-corrected chi connectivity index (χ3v) is 5.25. The van der Waals surface area contributed by atoms with Crippen molar-refractivity contribution in [2.45, 2.75) is 25.6 Å². The fourth-order valence-electron chi connectivity index (χ4n) is 3.37. The minimum atomic E-state index is -5.99. The fourth-order valence-corrected chi connectivity index (χ4v) is 3.37. The molecule has 0 bridgehead atoms. The lowest BCUT2D eigenvalue weighted by atomic mass is 10.1. The third kappa shape index (κ3) is 4.71. The van der Waals surface area contributed by atoms with Crippen LogP contribution >= 0.6 is 0 Å². The Morgan fingerprint density at radius 3 is 2.27 bits per heavy atom. The van der Waals surface area contributed by atoms with E-state index in [9.17, 15) is 35.9 Å². The van der Waals surface area contributed by atoms with Crippen molar-refractivity contribution >= 4 is 23.1 Å². The predicted molar refractivity (Wildman–Crippen MR) is 118 cm³/mol. The van der Waals surface area contributed by atoms with Gasteiger partial charge in [-0.05, 0) is 37.3 Å². The fraction of sp³-hybridized carbons (Fsp3) is 0.227. The zero-order chi connectivity index (χ0) is 27.1. The van der Waals surface area contributed by atoms with E-state index in [2.05, 4.69) is 25.8 Å². The Hall–Kier alpha value is -4.43. The van der Waals surface area contributed by atoms with E-state index in [0.29, 0.717) is 12.6 Å². The van der Waals surface area contributed by atoms with Crippen molar-refractivity contribution < 1.29 is 35.9 Å². The Balaban J connectivity index is 1.82. The maximum absolute atomic E-state index is 14.5. The van der Waals surface area contributed by atoms with Gasteiger partial charge in [0.1, 0.15) is 11.5 Å². The van der Waals surface area contributed by atoms with Gasteiger partial charge in [0.15, 0.2) is 17.0 Å². The number of aromatic nitrogens is 5. The standard InChI is InChI=1S/C22H17F6N7O2/c1-3-34-10-15(18(33-34)20(37)29-2)31-19(36)14-9-17-30-13(11-4-6-12(23)7-5-11)8-16(35(17)32-14)21(24,25)22(26,27)28/h4-10H,3H2,1-2H3,(H,29,37)(H,31,36). The van der Waals surface area contributed by atoms with E-state index in [1.807, 2.05) is 0 Å². The molecule has 0 aliphatic rings. The summed E-state index contributed by atoms with van der Waals surface area (Å²) in [4.78, 5) is 29.0. The molecule has 1 aromatic carbocycles. The van der Waals surface area contributed by atoms with Crippen molar-refractivity contribution in [3.8, 4) is 11.3 Å². The van der Waals surface area contributed by atoms with E-state index in [4.69, 9.17) is 0 Å². The molecule has 2 N–H and O–H groups in total. The van der Waals surface area contributed by atoms with Crippen LogP contribution in [0.15, 0.2) is 42.6 Å². The number of carbonyl (C=O) groups excluding carboxylic acids is 2. The highest BCUT2D eigenvalue weighted by Gasteiger charge is 2.60. The van der Waals surface area contributed by atoms with Crippen molar-refractivity contribution in [2.75, 3.05) is 12.4 Å². The van der Waals surface area contributed by atoms with Gasteiger partial charge in [-0.2, -0.15) is 32.1 Å². The number of nitrogens with one attached hydrogen (secondary N) is 2. The molecule has 2 amide bonds. The van der Waals surface area contributed by atoms with Gasteiger partial charge in [-0.15, -0.1) is 0 Å². The Labute approximate surface area is 204 Å². The SMILES string of the molecule is CCn1cc(NC(=O)c2cc3nc(-c4ccc(F)cc4)cc(C(F)(F)C(F)(F)F)n3n2)c(C(=O)NC)n1. The van der Waals surface area contributed by atoms with Gasteiger partial charge in [0.05, 0.1) is 11.4 Å². The molecule has 0 fully saturated rings. The van der Waals surface area contributed by atoms with E-state index < -0.39 is 46.8 Å². The zero-order valence-corrected chi connectivity index (χ0v) is 19.1. The third-order valence-electron chi connectivity index (χ3n) is 5.25. The van der Waals surface area contributed by atoms with Crippen LogP contribution < -0.4 is 10.6 Å². The van der Waals surface area contributed by atoms with Crippen molar-refractivity contribution in [1.82, 2.24) is 29.7 Å². The van der Waals surface area contributed by atoms with Gasteiger partial charge >= 0.3 is 12.1 Å². The van der Waals surface area contributed by atoms with Crippen molar-refractivity contribution in [3.05, 3.63) is 65.5 Å². The molecule has 0 unspecified atom stereocenters. The molecule has 0 radical (unpaired) electrons. The van der Waals surface area contributed by atoms with Gasteiger partial charge in [0.25, 0.3) is 11.8 Å². The number of hydrogen-bond donors (Lipinski definition) is 2. The number of hydrogen-bond acceptors (Lipinski definition) is 5. The average molecular weight is 525 g/mol. The lowest BCUT2D eigenvalue weighted by Gasteiger charge is -2.21.